The number of aromatic hydroxyl groups is 1. The topological polar surface area (TPSA) is 199 Å². The molecule has 0 heterocycles. The number of carbonyl (C=O) groups excluding carboxylic acids is 2. The van der Waals surface area contributed by atoms with Crippen LogP contribution in [0.2, 0.25) is 0 Å². The third-order valence-electron chi connectivity index (χ3n) is 19.5. The summed E-state index contributed by atoms with van der Waals surface area (Å²) in [5.41, 5.74) is 8.10. The molecule has 0 bridgehead atoms. The Balaban J connectivity index is 0.000000189. The highest BCUT2D eigenvalue weighted by atomic mass is 16.7. The number of carbonyl (C=O) groups is 2. The minimum absolute atomic E-state index is 0.0742. The van der Waals surface area contributed by atoms with E-state index in [2.05, 4.69) is 48.6 Å². The van der Waals surface area contributed by atoms with Gasteiger partial charge in [-0.05, 0) is 209 Å². The first-order chi connectivity index (χ1) is 38.4. The normalized spacial score (nSPS) is 27.8. The highest BCUT2D eigenvalue weighted by molar-refractivity contribution is 5.57. The van der Waals surface area contributed by atoms with Crippen molar-refractivity contribution in [2.45, 2.75) is 231 Å². The molecule has 3 aromatic carbocycles. The van der Waals surface area contributed by atoms with Crippen molar-refractivity contribution in [3.8, 4) is 11.5 Å². The highest BCUT2D eigenvalue weighted by Gasteiger charge is 2.47. The van der Waals surface area contributed by atoms with E-state index in [-0.39, 0.29) is 49.3 Å². The van der Waals surface area contributed by atoms with Gasteiger partial charge in [0.25, 0.3) is 6.47 Å². The summed E-state index contributed by atoms with van der Waals surface area (Å²) < 4.78 is 10.3. The van der Waals surface area contributed by atoms with Crippen molar-refractivity contribution < 1.29 is 54.8 Å². The van der Waals surface area contributed by atoms with Crippen molar-refractivity contribution >= 4 is 18.9 Å². The van der Waals surface area contributed by atoms with Gasteiger partial charge in [0.05, 0.1) is 43.2 Å². The molecule has 9 rings (SSSR count). The predicted octanol–water partition coefficient (Wildman–Crippen LogP) is 11.9. The van der Waals surface area contributed by atoms with Crippen LogP contribution in [0.25, 0.3) is 4.85 Å². The lowest BCUT2D eigenvalue weighted by atomic mass is 9.73. The SMILES string of the molecule is C=O.CCCCC[C@H](O)CC[C@H]1[C@H](O)CC2Cc3c(O)cccc3C[C@@H]21.CCCCC[C@H](O)CC[C@H]1[C@H](O)CC2Cc3c(cccc3OCOC=O)C[C@@H]21.[C-]#[N+]c1cccc2c1CC1C[C@@H](O)[C@H](CC[C@@H](O)CCCCC)[C@H]1C2. The molecule has 0 saturated heterocycles. The van der Waals surface area contributed by atoms with E-state index >= 15 is 0 Å². The molecule has 0 spiro atoms. The zero-order valence-electron chi connectivity index (χ0n) is 48.2. The maximum Gasteiger partial charge on any atom is 0.295 e. The predicted molar refractivity (Wildman–Crippen MR) is 311 cm³/mol. The number of aliphatic hydroxyl groups is 6. The van der Waals surface area contributed by atoms with Crippen molar-refractivity contribution in [1.82, 2.24) is 0 Å². The lowest BCUT2D eigenvalue weighted by molar-refractivity contribution is -0.134. The van der Waals surface area contributed by atoms with Gasteiger partial charge in [0.15, 0.2) is 5.69 Å². The van der Waals surface area contributed by atoms with Crippen molar-refractivity contribution in [1.29, 1.82) is 0 Å². The van der Waals surface area contributed by atoms with Crippen LogP contribution in [0.5, 0.6) is 11.5 Å². The minimum Gasteiger partial charge on any atom is -0.508 e. The van der Waals surface area contributed by atoms with Gasteiger partial charge >= 0.3 is 0 Å². The standard InChI is InChI=1S/C23H34O5.C22H31NO2.C21H32O3.CH2O/c1-2-3-4-7-18(25)9-10-19-20-11-16-6-5-8-23(28-15-27-14-24)21(16)12-17(20)13-22(19)26;1-3-4-5-8-17(24)10-11-18-19-12-15-7-6-9-21(23-2)20(15)13-16(19)14-22(18)25;1-2-3-4-7-16(22)9-10-17-18-11-14-6-5-8-20(23)19(14)12-15(18)13-21(17)24;1-2/h5-6,8,14,17-20,22,25-26H,2-4,7,9-13,15H2,1H3;6-7,9,16-19,22,24-25H,3-5,8,10-14H2,1H3;5-6,8,15-18,21-24H,2-4,7,9-13H2,1H3;1H2/t17?,18-,19+,20-,22+;16?,17-,18+,19-,22+;15?,16-,17+,18-,21+;/m000./s1. The number of rotatable bonds is 25. The van der Waals surface area contributed by atoms with Gasteiger partial charge in [0, 0.05) is 0 Å². The summed E-state index contributed by atoms with van der Waals surface area (Å²) in [5.74, 6) is 4.94. The first-order valence-corrected chi connectivity index (χ1v) is 30.8. The fraction of sp³-hybridized carbons (Fsp3) is 0.687. The molecule has 7 N–H and O–H groups in total. The Labute approximate surface area is 473 Å². The molecule has 3 unspecified atom stereocenters. The van der Waals surface area contributed by atoms with E-state index in [0.29, 0.717) is 59.6 Å². The summed E-state index contributed by atoms with van der Waals surface area (Å²) in [4.78, 5) is 22.0. The van der Waals surface area contributed by atoms with Gasteiger partial charge in [-0.1, -0.05) is 127 Å². The maximum absolute atomic E-state index is 10.7. The number of aliphatic hydroxyl groups excluding tert-OH is 6. The fourth-order valence-corrected chi connectivity index (χ4v) is 15.3. The molecule has 6 aliphatic carbocycles. The summed E-state index contributed by atoms with van der Waals surface area (Å²) in [7, 11) is 0. The second kappa shape index (κ2) is 32.9. The number of unbranched alkanes of at least 4 members (excludes halogenated alkanes) is 6. The Morgan fingerprint density at radius 2 is 0.949 bits per heavy atom. The average Bonchev–Trinajstić information content (AvgIpc) is 4.14. The molecule has 438 valence electrons. The average molecular weight is 1090 g/mol. The number of fused-ring (bicyclic) bond motifs is 6. The molecule has 12 heteroatoms. The van der Waals surface area contributed by atoms with Crippen LogP contribution in [0.4, 0.5) is 5.69 Å². The fourth-order valence-electron chi connectivity index (χ4n) is 15.3. The number of nitrogens with zero attached hydrogens (tertiary/aromatic N) is 1. The van der Waals surface area contributed by atoms with Crippen LogP contribution in [-0.2, 0) is 52.9 Å². The number of phenolic OH excluding ortho intramolecular Hbond substituents is 1. The molecule has 3 aromatic rings. The van der Waals surface area contributed by atoms with Crippen LogP contribution in [0.3, 0.4) is 0 Å². The monoisotopic (exact) mass is 1090 g/mol. The summed E-state index contributed by atoms with van der Waals surface area (Å²) in [6.07, 6.45) is 24.8. The van der Waals surface area contributed by atoms with Gasteiger partial charge < -0.3 is 50.0 Å². The van der Waals surface area contributed by atoms with E-state index in [1.54, 1.807) is 6.07 Å². The summed E-state index contributed by atoms with van der Waals surface area (Å²) >= 11 is 0. The van der Waals surface area contributed by atoms with Crippen LogP contribution in [0, 0.1) is 59.8 Å². The molecule has 6 aliphatic rings. The Hall–Kier alpha value is -4.35. The Bertz CT molecular complexity index is 2320. The number of hydrogen-bond acceptors (Lipinski definition) is 11. The van der Waals surface area contributed by atoms with E-state index in [0.717, 1.165) is 152 Å². The lowest BCUT2D eigenvalue weighted by Crippen LogP contribution is -2.28. The van der Waals surface area contributed by atoms with Crippen LogP contribution in [0.15, 0.2) is 54.6 Å². The number of benzene rings is 3. The maximum atomic E-state index is 10.7. The Kier molecular flexibility index (Phi) is 26.6. The van der Waals surface area contributed by atoms with Gasteiger partial charge in [-0.2, -0.15) is 0 Å². The molecule has 0 radical (unpaired) electrons. The third kappa shape index (κ3) is 17.6. The molecule has 0 amide bonds. The van der Waals surface area contributed by atoms with Gasteiger partial charge in [0.1, 0.15) is 18.3 Å². The minimum atomic E-state index is -0.282. The second-order valence-corrected chi connectivity index (χ2v) is 24.4. The Morgan fingerprint density at radius 1 is 0.557 bits per heavy atom. The van der Waals surface area contributed by atoms with Crippen LogP contribution >= 0.6 is 0 Å². The molecule has 3 saturated carbocycles. The summed E-state index contributed by atoms with van der Waals surface area (Å²) in [6, 6.07) is 17.9. The third-order valence-corrected chi connectivity index (χ3v) is 19.5. The zero-order chi connectivity index (χ0) is 56.8. The molecule has 0 aliphatic heterocycles. The first kappa shape index (κ1) is 63.8. The number of ether oxygens (including phenoxy) is 2. The van der Waals surface area contributed by atoms with Crippen LogP contribution in [-0.4, -0.2) is 92.4 Å². The highest BCUT2D eigenvalue weighted by Crippen LogP contribution is 2.51. The molecular formula is C67H99NO11. The molecular weight excluding hydrogens is 995 g/mol. The first-order valence-electron chi connectivity index (χ1n) is 30.8. The largest absolute Gasteiger partial charge is 0.508 e. The van der Waals surface area contributed by atoms with Crippen molar-refractivity contribution in [3.63, 3.8) is 0 Å². The van der Waals surface area contributed by atoms with Crippen molar-refractivity contribution in [3.05, 3.63) is 99.4 Å². The van der Waals surface area contributed by atoms with E-state index in [9.17, 15) is 40.5 Å². The van der Waals surface area contributed by atoms with Crippen LogP contribution in [0.1, 0.15) is 189 Å². The lowest BCUT2D eigenvalue weighted by Gasteiger charge is -2.32. The molecule has 79 heavy (non-hydrogen) atoms. The number of phenols is 1. The van der Waals surface area contributed by atoms with Crippen molar-refractivity contribution in [2.24, 2.45) is 53.3 Å². The van der Waals surface area contributed by atoms with Crippen molar-refractivity contribution in [2.75, 3.05) is 6.79 Å². The molecule has 15 atom stereocenters. The van der Waals surface area contributed by atoms with E-state index in [1.165, 1.54) is 66.3 Å². The van der Waals surface area contributed by atoms with Crippen LogP contribution < -0.4 is 4.74 Å². The van der Waals surface area contributed by atoms with E-state index < -0.39 is 0 Å². The summed E-state index contributed by atoms with van der Waals surface area (Å²) in [5, 5.41) is 72.7. The summed E-state index contributed by atoms with van der Waals surface area (Å²) in [6.45, 7) is 16.2. The smallest absolute Gasteiger partial charge is 0.295 e. The quantitative estimate of drug-likeness (QED) is 0.0184. The Morgan fingerprint density at radius 3 is 1.38 bits per heavy atom. The second-order valence-electron chi connectivity index (χ2n) is 24.4. The number of hydrogen-bond donors (Lipinski definition) is 7. The zero-order valence-corrected chi connectivity index (χ0v) is 48.2. The van der Waals surface area contributed by atoms with Gasteiger partial charge in [-0.3, -0.25) is 4.79 Å². The molecule has 12 nitrogen and oxygen atoms in total. The molecule has 0 aromatic heterocycles. The van der Waals surface area contributed by atoms with Gasteiger partial charge in [-0.15, -0.1) is 0 Å². The van der Waals surface area contributed by atoms with Gasteiger partial charge in [0.2, 0.25) is 6.79 Å². The van der Waals surface area contributed by atoms with E-state index in [1.807, 2.05) is 37.1 Å². The van der Waals surface area contributed by atoms with E-state index in [4.69, 9.17) is 16.1 Å². The van der Waals surface area contributed by atoms with Gasteiger partial charge in [-0.25, -0.2) is 4.85 Å². The molecule has 3 fully saturated rings.